The molecule has 0 aliphatic heterocycles. The van der Waals surface area contributed by atoms with Crippen LogP contribution >= 0.6 is 34.8 Å². The molecule has 8 heteroatoms. The number of hydrogen-bond donors (Lipinski definition) is 3. The summed E-state index contributed by atoms with van der Waals surface area (Å²) in [4.78, 5) is 12.1. The van der Waals surface area contributed by atoms with Crippen molar-refractivity contribution in [3.63, 3.8) is 0 Å². The van der Waals surface area contributed by atoms with Gasteiger partial charge < -0.3 is 20.7 Å². The molecule has 5 nitrogen and oxygen atoms in total. The number of ether oxygens (including phenoxy) is 1. The Morgan fingerprint density at radius 3 is 2.24 bits per heavy atom. The van der Waals surface area contributed by atoms with Gasteiger partial charge in [0.25, 0.3) is 0 Å². The molecule has 0 fully saturated rings. The van der Waals surface area contributed by atoms with Gasteiger partial charge in [0.15, 0.2) is 0 Å². The van der Waals surface area contributed by atoms with Gasteiger partial charge in [-0.2, -0.15) is 0 Å². The number of amides is 2. The van der Waals surface area contributed by atoms with E-state index in [1.54, 1.807) is 48.5 Å². The van der Waals surface area contributed by atoms with Crippen LogP contribution in [-0.2, 0) is 0 Å². The molecule has 3 N–H and O–H groups in total. The standard InChI is InChI=1S/C17H18Cl3N3O2/c1-2-25-14-10-8-13(9-11-14)21-15(17(18,19)20)23-16(24)22-12-6-4-3-5-7-12/h3-11,15,21H,2H2,1H3,(H2,22,23,24)/t15-/m1/s1. The van der Waals surface area contributed by atoms with E-state index in [2.05, 4.69) is 16.0 Å². The van der Waals surface area contributed by atoms with Crippen LogP contribution in [-0.4, -0.2) is 22.6 Å². The highest BCUT2D eigenvalue weighted by Gasteiger charge is 2.34. The summed E-state index contributed by atoms with van der Waals surface area (Å²) in [6.45, 7) is 2.48. The van der Waals surface area contributed by atoms with Crippen LogP contribution in [0.2, 0.25) is 0 Å². The van der Waals surface area contributed by atoms with Crippen LogP contribution in [0.1, 0.15) is 6.92 Å². The molecule has 2 aromatic carbocycles. The van der Waals surface area contributed by atoms with Crippen molar-refractivity contribution in [2.75, 3.05) is 17.2 Å². The minimum Gasteiger partial charge on any atom is -0.494 e. The monoisotopic (exact) mass is 401 g/mol. The molecule has 2 rings (SSSR count). The number of nitrogens with one attached hydrogen (secondary N) is 3. The van der Waals surface area contributed by atoms with E-state index >= 15 is 0 Å². The molecule has 0 spiro atoms. The van der Waals surface area contributed by atoms with E-state index in [-0.39, 0.29) is 0 Å². The Labute approximate surface area is 161 Å². The second kappa shape index (κ2) is 9.04. The summed E-state index contributed by atoms with van der Waals surface area (Å²) >= 11 is 17.9. The van der Waals surface area contributed by atoms with Crippen molar-refractivity contribution in [3.8, 4) is 5.75 Å². The number of benzene rings is 2. The molecule has 0 aliphatic carbocycles. The van der Waals surface area contributed by atoms with Crippen LogP contribution in [0.25, 0.3) is 0 Å². The highest BCUT2D eigenvalue weighted by molar-refractivity contribution is 6.68. The average Bonchev–Trinajstić information content (AvgIpc) is 2.56. The molecule has 0 aromatic heterocycles. The van der Waals surface area contributed by atoms with Crippen LogP contribution in [0.5, 0.6) is 5.75 Å². The lowest BCUT2D eigenvalue weighted by molar-refractivity contribution is 0.249. The highest BCUT2D eigenvalue weighted by atomic mass is 35.6. The molecule has 0 bridgehead atoms. The Bertz CT molecular complexity index is 676. The Morgan fingerprint density at radius 1 is 1.04 bits per heavy atom. The number of carbonyl (C=O) groups is 1. The summed E-state index contributed by atoms with van der Waals surface area (Å²) < 4.78 is 3.62. The summed E-state index contributed by atoms with van der Waals surface area (Å²) in [6, 6.07) is 15.6. The van der Waals surface area contributed by atoms with Crippen LogP contribution in [0.15, 0.2) is 54.6 Å². The molecule has 134 valence electrons. The molecule has 2 amide bonds. The van der Waals surface area contributed by atoms with Crippen molar-refractivity contribution < 1.29 is 9.53 Å². The molecule has 1 atom stereocenters. The number of anilines is 2. The SMILES string of the molecule is CCOc1ccc(N[C@H](NC(=O)Nc2ccccc2)C(Cl)(Cl)Cl)cc1. The van der Waals surface area contributed by atoms with E-state index in [1.807, 2.05) is 13.0 Å². The summed E-state index contributed by atoms with van der Waals surface area (Å²) in [5.41, 5.74) is 1.30. The van der Waals surface area contributed by atoms with Crippen LogP contribution in [0.4, 0.5) is 16.2 Å². The fraction of sp³-hybridized carbons (Fsp3) is 0.235. The Morgan fingerprint density at radius 2 is 1.68 bits per heavy atom. The van der Waals surface area contributed by atoms with Crippen molar-refractivity contribution in [1.29, 1.82) is 0 Å². The van der Waals surface area contributed by atoms with E-state index in [0.717, 1.165) is 5.75 Å². The molecule has 0 radical (unpaired) electrons. The number of halogens is 3. The van der Waals surface area contributed by atoms with E-state index in [0.29, 0.717) is 18.0 Å². The maximum absolute atomic E-state index is 12.1. The predicted octanol–water partition coefficient (Wildman–Crippen LogP) is 5.02. The van der Waals surface area contributed by atoms with Crippen molar-refractivity contribution in [1.82, 2.24) is 5.32 Å². The Hall–Kier alpha value is -1.82. The minimum absolute atomic E-state index is 0.499. The van der Waals surface area contributed by atoms with E-state index in [1.165, 1.54) is 0 Å². The van der Waals surface area contributed by atoms with Crippen molar-refractivity contribution >= 4 is 52.2 Å². The van der Waals surface area contributed by atoms with Gasteiger partial charge in [0.05, 0.1) is 6.61 Å². The molecule has 0 unspecified atom stereocenters. The number of para-hydroxylation sites is 1. The van der Waals surface area contributed by atoms with E-state index in [9.17, 15) is 4.79 Å². The predicted molar refractivity (Wildman–Crippen MR) is 104 cm³/mol. The number of alkyl halides is 3. The number of hydrogen-bond acceptors (Lipinski definition) is 3. The fourth-order valence-electron chi connectivity index (χ4n) is 2.00. The van der Waals surface area contributed by atoms with Gasteiger partial charge in [-0.15, -0.1) is 0 Å². The van der Waals surface area contributed by atoms with Gasteiger partial charge >= 0.3 is 6.03 Å². The molecule has 25 heavy (non-hydrogen) atoms. The van der Waals surface area contributed by atoms with Gasteiger partial charge in [-0.05, 0) is 43.3 Å². The minimum atomic E-state index is -1.76. The molecular weight excluding hydrogens is 385 g/mol. The largest absolute Gasteiger partial charge is 0.494 e. The normalized spacial score (nSPS) is 12.2. The smallest absolute Gasteiger partial charge is 0.320 e. The quantitative estimate of drug-likeness (QED) is 0.470. The van der Waals surface area contributed by atoms with Gasteiger partial charge in [-0.3, -0.25) is 0 Å². The van der Waals surface area contributed by atoms with Crippen molar-refractivity contribution in [3.05, 3.63) is 54.6 Å². The molecule has 0 heterocycles. The zero-order valence-corrected chi connectivity index (χ0v) is 15.7. The number of rotatable bonds is 6. The van der Waals surface area contributed by atoms with Gasteiger partial charge in [-0.25, -0.2) is 4.79 Å². The van der Waals surface area contributed by atoms with E-state index in [4.69, 9.17) is 39.5 Å². The van der Waals surface area contributed by atoms with Crippen molar-refractivity contribution in [2.45, 2.75) is 16.9 Å². The summed E-state index contributed by atoms with van der Waals surface area (Å²) in [6.07, 6.45) is -0.945. The number of carbonyl (C=O) groups excluding carboxylic acids is 1. The number of urea groups is 1. The fourth-order valence-corrected chi connectivity index (χ4v) is 2.33. The highest BCUT2D eigenvalue weighted by Crippen LogP contribution is 2.31. The van der Waals surface area contributed by atoms with Gasteiger partial charge in [-0.1, -0.05) is 53.0 Å². The first-order valence-corrected chi connectivity index (χ1v) is 8.70. The maximum atomic E-state index is 12.1. The maximum Gasteiger partial charge on any atom is 0.320 e. The average molecular weight is 403 g/mol. The second-order valence-electron chi connectivity index (χ2n) is 5.04. The molecule has 0 saturated carbocycles. The van der Waals surface area contributed by atoms with Crippen LogP contribution in [0.3, 0.4) is 0 Å². The van der Waals surface area contributed by atoms with Crippen LogP contribution < -0.4 is 20.7 Å². The summed E-state index contributed by atoms with van der Waals surface area (Å²) in [5, 5.41) is 8.26. The lowest BCUT2D eigenvalue weighted by Crippen LogP contribution is -2.50. The summed E-state index contributed by atoms with van der Waals surface area (Å²) in [7, 11) is 0. The third kappa shape index (κ3) is 6.53. The first-order chi connectivity index (χ1) is 11.9. The Kier molecular flexibility index (Phi) is 7.05. The summed E-state index contributed by atoms with van der Waals surface area (Å²) in [5.74, 6) is 0.730. The van der Waals surface area contributed by atoms with Gasteiger partial charge in [0.1, 0.15) is 11.9 Å². The third-order valence-electron chi connectivity index (χ3n) is 3.11. The lowest BCUT2D eigenvalue weighted by Gasteiger charge is -2.27. The Balaban J connectivity index is 2.02. The molecular formula is C17H18Cl3N3O2. The molecule has 0 saturated heterocycles. The van der Waals surface area contributed by atoms with E-state index < -0.39 is 16.0 Å². The second-order valence-corrected chi connectivity index (χ2v) is 7.41. The van der Waals surface area contributed by atoms with Gasteiger partial charge in [0, 0.05) is 11.4 Å². The first-order valence-electron chi connectivity index (χ1n) is 7.57. The third-order valence-corrected chi connectivity index (χ3v) is 3.77. The zero-order chi connectivity index (χ0) is 18.3. The van der Waals surface area contributed by atoms with Crippen LogP contribution in [0, 0.1) is 0 Å². The zero-order valence-electron chi connectivity index (χ0n) is 13.4. The van der Waals surface area contributed by atoms with Gasteiger partial charge in [0.2, 0.25) is 3.79 Å². The molecule has 0 aliphatic rings. The molecule has 2 aromatic rings. The topological polar surface area (TPSA) is 62.4 Å². The van der Waals surface area contributed by atoms with Crippen molar-refractivity contribution in [2.24, 2.45) is 0 Å². The lowest BCUT2D eigenvalue weighted by atomic mass is 10.3. The first kappa shape index (κ1) is 19.5.